The molecule has 0 radical (unpaired) electrons. The number of carbonyl (C=O) groups excluding carboxylic acids is 1. The number of aromatic amines is 1. The van der Waals surface area contributed by atoms with Crippen LogP contribution in [0, 0.1) is 0 Å². The molecule has 3 N–H and O–H groups in total. The summed E-state index contributed by atoms with van der Waals surface area (Å²) in [5.41, 5.74) is 2.26. The van der Waals surface area contributed by atoms with E-state index in [4.69, 9.17) is 0 Å². The average molecular weight is 297 g/mol. The van der Waals surface area contributed by atoms with Crippen LogP contribution in [-0.4, -0.2) is 20.8 Å². The second kappa shape index (κ2) is 5.22. The van der Waals surface area contributed by atoms with E-state index >= 15 is 0 Å². The lowest BCUT2D eigenvalue weighted by molar-refractivity contribution is 0.262. The molecule has 3 rings (SSSR count). The number of hydrogen-bond acceptors (Lipinski definition) is 2. The maximum Gasteiger partial charge on any atom is 0.323 e. The maximum atomic E-state index is 12.0. The number of aromatic nitrogens is 3. The van der Waals surface area contributed by atoms with Crippen molar-refractivity contribution in [2.75, 3.05) is 10.6 Å². The van der Waals surface area contributed by atoms with E-state index in [1.54, 1.807) is 6.20 Å². The van der Waals surface area contributed by atoms with Gasteiger partial charge in [0.15, 0.2) is 0 Å². The van der Waals surface area contributed by atoms with Gasteiger partial charge in [0.2, 0.25) is 0 Å². The largest absolute Gasteiger partial charge is 0.361 e. The average Bonchev–Trinajstić information content (AvgIpc) is 3.05. The third-order valence-corrected chi connectivity index (χ3v) is 3.34. The highest BCUT2D eigenvalue weighted by Crippen LogP contribution is 2.19. The van der Waals surface area contributed by atoms with Gasteiger partial charge in [-0.3, -0.25) is 4.68 Å². The molecule has 0 spiro atoms. The first kappa shape index (κ1) is 14.2. The van der Waals surface area contributed by atoms with Gasteiger partial charge in [-0.15, -0.1) is 0 Å². The minimum atomic E-state index is -0.292. The van der Waals surface area contributed by atoms with Gasteiger partial charge in [0.25, 0.3) is 0 Å². The monoisotopic (exact) mass is 297 g/mol. The van der Waals surface area contributed by atoms with Gasteiger partial charge in [-0.1, -0.05) is 6.07 Å². The Kier molecular flexibility index (Phi) is 3.36. The fourth-order valence-electron chi connectivity index (χ4n) is 2.17. The van der Waals surface area contributed by atoms with Gasteiger partial charge < -0.3 is 15.6 Å². The molecule has 0 bridgehead atoms. The van der Waals surface area contributed by atoms with Crippen molar-refractivity contribution in [1.29, 1.82) is 0 Å². The van der Waals surface area contributed by atoms with E-state index in [0.29, 0.717) is 5.69 Å². The van der Waals surface area contributed by atoms with Crippen LogP contribution in [0.1, 0.15) is 20.8 Å². The van der Waals surface area contributed by atoms with E-state index < -0.39 is 0 Å². The molecular weight excluding hydrogens is 278 g/mol. The van der Waals surface area contributed by atoms with Gasteiger partial charge in [-0.2, -0.15) is 5.10 Å². The highest BCUT2D eigenvalue weighted by molar-refractivity contribution is 6.00. The van der Waals surface area contributed by atoms with E-state index in [-0.39, 0.29) is 11.6 Å². The molecule has 1 aromatic carbocycles. The predicted molar refractivity (Wildman–Crippen MR) is 88.2 cm³/mol. The molecule has 2 aromatic heterocycles. The number of fused-ring (bicyclic) bond motifs is 1. The third-order valence-electron chi connectivity index (χ3n) is 3.34. The summed E-state index contributed by atoms with van der Waals surface area (Å²) < 4.78 is 1.81. The number of amides is 2. The normalized spacial score (nSPS) is 11.6. The van der Waals surface area contributed by atoms with Gasteiger partial charge in [0.1, 0.15) is 0 Å². The summed E-state index contributed by atoms with van der Waals surface area (Å²) in [6.45, 7) is 6.15. The minimum absolute atomic E-state index is 0.116. The second-order valence-corrected chi connectivity index (χ2v) is 6.20. The maximum absolute atomic E-state index is 12.0. The van der Waals surface area contributed by atoms with Crippen LogP contribution in [0.15, 0.2) is 42.9 Å². The topological polar surface area (TPSA) is 74.7 Å². The van der Waals surface area contributed by atoms with Crippen LogP contribution in [-0.2, 0) is 5.54 Å². The van der Waals surface area contributed by atoms with E-state index in [1.807, 2.05) is 41.3 Å². The quantitative estimate of drug-likeness (QED) is 0.673. The van der Waals surface area contributed by atoms with E-state index in [1.165, 1.54) is 0 Å². The molecular formula is C16H19N5O. The van der Waals surface area contributed by atoms with Crippen molar-refractivity contribution in [2.45, 2.75) is 26.3 Å². The van der Waals surface area contributed by atoms with Gasteiger partial charge in [-0.25, -0.2) is 4.79 Å². The lowest BCUT2D eigenvalue weighted by atomic mass is 10.1. The first-order valence-electron chi connectivity index (χ1n) is 7.12. The number of carbonyl (C=O) groups is 1. The number of hydrogen-bond donors (Lipinski definition) is 3. The highest BCUT2D eigenvalue weighted by atomic mass is 16.2. The van der Waals surface area contributed by atoms with Crippen LogP contribution in [0.2, 0.25) is 0 Å². The number of H-pyrrole nitrogens is 1. The molecule has 0 saturated carbocycles. The zero-order valence-corrected chi connectivity index (χ0v) is 12.8. The van der Waals surface area contributed by atoms with Gasteiger partial charge >= 0.3 is 6.03 Å². The Bertz CT molecular complexity index is 809. The van der Waals surface area contributed by atoms with Crippen LogP contribution in [0.25, 0.3) is 10.9 Å². The van der Waals surface area contributed by atoms with Crippen LogP contribution >= 0.6 is 0 Å². The summed E-state index contributed by atoms with van der Waals surface area (Å²) >= 11 is 0. The molecule has 0 atom stereocenters. The minimum Gasteiger partial charge on any atom is -0.361 e. The molecule has 0 aliphatic heterocycles. The van der Waals surface area contributed by atoms with Crippen molar-refractivity contribution < 1.29 is 4.79 Å². The zero-order valence-electron chi connectivity index (χ0n) is 12.8. The molecule has 6 heteroatoms. The van der Waals surface area contributed by atoms with E-state index in [9.17, 15) is 4.79 Å². The molecule has 0 saturated heterocycles. The summed E-state index contributed by atoms with van der Waals surface area (Å²) in [6.07, 6.45) is 5.32. The molecule has 2 amide bonds. The Morgan fingerprint density at radius 2 is 1.95 bits per heavy atom. The standard InChI is InChI=1S/C16H19N5O/c1-16(2,3)21-10-13(9-18-21)20-15(22)19-12-5-4-11-6-7-17-14(11)8-12/h4-10,17H,1-3H3,(H2,19,20,22). The fourth-order valence-corrected chi connectivity index (χ4v) is 2.17. The van der Waals surface area contributed by atoms with Crippen molar-refractivity contribution in [1.82, 2.24) is 14.8 Å². The summed E-state index contributed by atoms with van der Waals surface area (Å²) in [6, 6.07) is 7.42. The number of nitrogens with zero attached hydrogens (tertiary/aromatic N) is 2. The molecule has 114 valence electrons. The van der Waals surface area contributed by atoms with Crippen molar-refractivity contribution in [3.8, 4) is 0 Å². The van der Waals surface area contributed by atoms with Crippen LogP contribution < -0.4 is 10.6 Å². The summed E-state index contributed by atoms with van der Waals surface area (Å²) in [4.78, 5) is 15.2. The van der Waals surface area contributed by atoms with E-state index in [2.05, 4.69) is 41.5 Å². The molecule has 3 aromatic rings. The molecule has 0 aliphatic carbocycles. The Morgan fingerprint density at radius 3 is 2.68 bits per heavy atom. The molecule has 0 unspecified atom stereocenters. The molecule has 6 nitrogen and oxygen atoms in total. The summed E-state index contributed by atoms with van der Waals surface area (Å²) in [5.74, 6) is 0. The first-order valence-corrected chi connectivity index (χ1v) is 7.12. The number of anilines is 2. The first-order chi connectivity index (χ1) is 10.4. The summed E-state index contributed by atoms with van der Waals surface area (Å²) in [7, 11) is 0. The van der Waals surface area contributed by atoms with Crippen LogP contribution in [0.4, 0.5) is 16.2 Å². The van der Waals surface area contributed by atoms with E-state index in [0.717, 1.165) is 16.6 Å². The van der Waals surface area contributed by atoms with Crippen molar-refractivity contribution in [3.63, 3.8) is 0 Å². The Labute approximate surface area is 128 Å². The SMILES string of the molecule is CC(C)(C)n1cc(NC(=O)Nc2ccc3cc[nH]c3c2)cn1. The zero-order chi connectivity index (χ0) is 15.7. The molecule has 0 aliphatic rings. The second-order valence-electron chi connectivity index (χ2n) is 6.20. The van der Waals surface area contributed by atoms with Gasteiger partial charge in [-0.05, 0) is 44.4 Å². The smallest absolute Gasteiger partial charge is 0.323 e. The predicted octanol–water partition coefficient (Wildman–Crippen LogP) is 3.76. The lowest BCUT2D eigenvalue weighted by Crippen LogP contribution is -2.22. The number of nitrogens with one attached hydrogen (secondary N) is 3. The van der Waals surface area contributed by atoms with Gasteiger partial charge in [0, 0.05) is 23.6 Å². The Hall–Kier alpha value is -2.76. The molecule has 2 heterocycles. The van der Waals surface area contributed by atoms with Crippen LogP contribution in [0.5, 0.6) is 0 Å². The van der Waals surface area contributed by atoms with Gasteiger partial charge in [0.05, 0.1) is 17.4 Å². The van der Waals surface area contributed by atoms with Crippen molar-refractivity contribution in [3.05, 3.63) is 42.9 Å². The van der Waals surface area contributed by atoms with Crippen LogP contribution in [0.3, 0.4) is 0 Å². The Morgan fingerprint density at radius 1 is 1.18 bits per heavy atom. The third kappa shape index (κ3) is 2.95. The molecule has 22 heavy (non-hydrogen) atoms. The number of urea groups is 1. The van der Waals surface area contributed by atoms with Crippen molar-refractivity contribution >= 4 is 28.3 Å². The number of rotatable bonds is 2. The number of benzene rings is 1. The van der Waals surface area contributed by atoms with Crippen molar-refractivity contribution in [2.24, 2.45) is 0 Å². The Balaban J connectivity index is 1.68. The lowest BCUT2D eigenvalue weighted by Gasteiger charge is -2.18. The fraction of sp³-hybridized carbons (Fsp3) is 0.250. The summed E-state index contributed by atoms with van der Waals surface area (Å²) in [5, 5.41) is 11.0. The molecule has 0 fully saturated rings. The highest BCUT2D eigenvalue weighted by Gasteiger charge is 2.14.